The Morgan fingerprint density at radius 2 is 1.71 bits per heavy atom. The van der Waals surface area contributed by atoms with Gasteiger partial charge in [-0.3, -0.25) is 5.14 Å². The first-order chi connectivity index (χ1) is 10.3. The molecule has 2 N–H and O–H groups in total. The zero-order valence-corrected chi connectivity index (χ0v) is 13.1. The predicted octanol–water partition coefficient (Wildman–Crippen LogP) is 4.40. The molecule has 1 aliphatic heterocycles. The van der Waals surface area contributed by atoms with Crippen molar-refractivity contribution in [2.45, 2.75) is 4.90 Å². The van der Waals surface area contributed by atoms with Crippen LogP contribution in [0.5, 0.6) is 0 Å². The van der Waals surface area contributed by atoms with Crippen LogP contribution < -0.4 is 5.14 Å². The van der Waals surface area contributed by atoms with E-state index < -0.39 is 8.07 Å². The zero-order valence-electron chi connectivity index (χ0n) is 11.4. The molecule has 2 aromatic carbocycles. The van der Waals surface area contributed by atoms with Gasteiger partial charge in [0.15, 0.2) is 0 Å². The topological polar surface area (TPSA) is 47.6 Å². The molecule has 0 aromatic heterocycles. The molecule has 1 heterocycles. The number of ether oxygens (including phenoxy) is 1. The molecule has 6 heteroatoms. The molecule has 1 atom stereocenters. The molecule has 3 nitrogen and oxygen atoms in total. The second kappa shape index (κ2) is 8.78. The van der Waals surface area contributed by atoms with Crippen molar-refractivity contribution in [1.82, 2.24) is 0 Å². The normalized spacial score (nSPS) is 16.5. The molecule has 3 rings (SSSR count). The Balaban J connectivity index is 0.000000173. The Morgan fingerprint density at radius 1 is 1.10 bits per heavy atom. The van der Waals surface area contributed by atoms with Gasteiger partial charge in [0.1, 0.15) is 12.8 Å². The van der Waals surface area contributed by atoms with Crippen LogP contribution in [0.2, 0.25) is 0 Å². The van der Waals surface area contributed by atoms with E-state index >= 15 is 0 Å². The molecular weight excluding hydrogens is 306 g/mol. The predicted molar refractivity (Wildman–Crippen MR) is 88.3 cm³/mol. The average molecular weight is 322 g/mol. The van der Waals surface area contributed by atoms with E-state index in [1.54, 1.807) is 0 Å². The monoisotopic (exact) mass is 322 g/mol. The van der Waals surface area contributed by atoms with Gasteiger partial charge in [-0.15, -0.1) is 0 Å². The van der Waals surface area contributed by atoms with Crippen molar-refractivity contribution in [3.8, 4) is 0 Å². The summed E-state index contributed by atoms with van der Waals surface area (Å²) in [6.07, 6.45) is 0.0434. The Morgan fingerprint density at radius 3 is 2.19 bits per heavy atom. The van der Waals surface area contributed by atoms with Crippen molar-refractivity contribution < 1.29 is 9.13 Å². The number of halogens is 1. The Bertz CT molecular complexity index is 568. The van der Waals surface area contributed by atoms with Gasteiger partial charge in [0.05, 0.1) is 8.07 Å². The number of rotatable bonds is 3. The summed E-state index contributed by atoms with van der Waals surface area (Å²) in [7, 11) is -0.907. The van der Waals surface area contributed by atoms with Crippen LogP contribution >= 0.6 is 20.0 Å². The lowest BCUT2D eigenvalue weighted by atomic mass is 10.2. The van der Waals surface area contributed by atoms with Gasteiger partial charge in [-0.2, -0.15) is 0 Å². The van der Waals surface area contributed by atoms with Crippen LogP contribution in [0, 0.1) is 0 Å². The summed E-state index contributed by atoms with van der Waals surface area (Å²) < 4.78 is 21.7. The van der Waals surface area contributed by atoms with Gasteiger partial charge in [0, 0.05) is 10.5 Å². The van der Waals surface area contributed by atoms with Crippen LogP contribution in [0.4, 0.5) is 4.39 Å². The number of hydrogen-bond acceptors (Lipinski definition) is 4. The molecule has 0 radical (unpaired) electrons. The van der Waals surface area contributed by atoms with E-state index in [1.165, 1.54) is 11.9 Å². The molecular formula is C15H16FN2OPS. The lowest BCUT2D eigenvalue weighted by molar-refractivity contribution is 0.388. The highest BCUT2D eigenvalue weighted by molar-refractivity contribution is 7.97. The van der Waals surface area contributed by atoms with Crippen LogP contribution in [0.25, 0.3) is 0 Å². The summed E-state index contributed by atoms with van der Waals surface area (Å²) in [6, 6.07) is 19.4. The van der Waals surface area contributed by atoms with Crippen molar-refractivity contribution in [1.29, 1.82) is 0 Å². The number of nitrogens with zero attached hydrogens (tertiary/aromatic N) is 1. The number of hydrogen-bond donors (Lipinski definition) is 1. The van der Waals surface area contributed by atoms with Gasteiger partial charge >= 0.3 is 0 Å². The second-order valence-corrected chi connectivity index (χ2v) is 6.52. The average Bonchev–Trinajstić information content (AvgIpc) is 3.06. The highest BCUT2D eigenvalue weighted by Crippen LogP contribution is 2.42. The first kappa shape index (κ1) is 16.0. The van der Waals surface area contributed by atoms with Gasteiger partial charge in [0.25, 0.3) is 0 Å². The minimum Gasteiger partial charge on any atom is -0.471 e. The van der Waals surface area contributed by atoms with Crippen molar-refractivity contribution in [3.05, 3.63) is 66.2 Å². The second-order valence-electron chi connectivity index (χ2n) is 4.10. The fraction of sp³-hybridized carbons (Fsp3) is 0.133. The van der Waals surface area contributed by atoms with Crippen LogP contribution in [-0.4, -0.2) is 18.7 Å². The van der Waals surface area contributed by atoms with Crippen LogP contribution in [0.3, 0.4) is 0 Å². The highest BCUT2D eigenvalue weighted by Gasteiger charge is 2.19. The van der Waals surface area contributed by atoms with Crippen molar-refractivity contribution in [3.63, 3.8) is 0 Å². The van der Waals surface area contributed by atoms with E-state index in [0.717, 1.165) is 10.5 Å². The fourth-order valence-corrected chi connectivity index (χ4v) is 2.80. The summed E-state index contributed by atoms with van der Waals surface area (Å²) in [5.74, 6) is 0.587. The largest absolute Gasteiger partial charge is 0.471 e. The molecule has 0 saturated heterocycles. The molecule has 0 fully saturated rings. The summed E-state index contributed by atoms with van der Waals surface area (Å²) >= 11 is 1.27. The third kappa shape index (κ3) is 5.12. The lowest BCUT2D eigenvalue weighted by Crippen LogP contribution is -1.99. The molecule has 1 unspecified atom stereocenters. The number of alkyl halides is 1. The maximum absolute atomic E-state index is 12.2. The molecule has 0 saturated carbocycles. The van der Waals surface area contributed by atoms with Gasteiger partial charge in [-0.1, -0.05) is 36.4 Å². The third-order valence-electron chi connectivity index (χ3n) is 2.62. The molecule has 0 aliphatic carbocycles. The first-order valence-electron chi connectivity index (χ1n) is 6.33. The van der Waals surface area contributed by atoms with E-state index in [4.69, 9.17) is 9.88 Å². The van der Waals surface area contributed by atoms with E-state index in [9.17, 15) is 4.39 Å². The molecule has 110 valence electrons. The van der Waals surface area contributed by atoms with Crippen LogP contribution in [-0.2, 0) is 4.74 Å². The van der Waals surface area contributed by atoms with Crippen LogP contribution in [0.1, 0.15) is 5.56 Å². The highest BCUT2D eigenvalue weighted by atomic mass is 32.2. The fourth-order valence-electron chi connectivity index (χ4n) is 1.60. The Labute approximate surface area is 129 Å². The third-order valence-corrected chi connectivity index (χ3v) is 4.33. The molecule has 2 aromatic rings. The smallest absolute Gasteiger partial charge is 0.220 e. The summed E-state index contributed by atoms with van der Waals surface area (Å²) in [5, 5.41) is 5.27. The quantitative estimate of drug-likeness (QED) is 0.673. The number of nitrogens with two attached hydrogens (primary N) is 1. The molecule has 0 amide bonds. The molecule has 1 aliphatic rings. The molecule has 0 bridgehead atoms. The molecule has 21 heavy (non-hydrogen) atoms. The van der Waals surface area contributed by atoms with Gasteiger partial charge in [-0.25, -0.2) is 9.15 Å². The van der Waals surface area contributed by atoms with Crippen molar-refractivity contribution in [2.24, 2.45) is 9.90 Å². The van der Waals surface area contributed by atoms with E-state index in [-0.39, 0.29) is 6.42 Å². The summed E-state index contributed by atoms with van der Waals surface area (Å²) in [5.41, 5.74) is 0.931. The molecule has 0 spiro atoms. The first-order valence-corrected chi connectivity index (χ1v) is 8.87. The Kier molecular flexibility index (Phi) is 6.67. The SMILES string of the molecule is FCP1COC(c2ccccc2)=N1.NSc1ccccc1. The van der Waals surface area contributed by atoms with Gasteiger partial charge in [-0.05, 0) is 36.2 Å². The van der Waals surface area contributed by atoms with Gasteiger partial charge < -0.3 is 4.74 Å². The minimum atomic E-state index is -0.907. The maximum atomic E-state index is 12.2. The van der Waals surface area contributed by atoms with Crippen molar-refractivity contribution in [2.75, 3.05) is 12.8 Å². The maximum Gasteiger partial charge on any atom is 0.220 e. The van der Waals surface area contributed by atoms with E-state index in [1.807, 2.05) is 60.7 Å². The van der Waals surface area contributed by atoms with Gasteiger partial charge in [0.2, 0.25) is 5.90 Å². The Hall–Kier alpha value is -1.42. The summed E-state index contributed by atoms with van der Waals surface area (Å²) in [6.45, 7) is 0. The number of benzene rings is 2. The summed E-state index contributed by atoms with van der Waals surface area (Å²) in [4.78, 5) is 1.10. The van der Waals surface area contributed by atoms with E-state index in [2.05, 4.69) is 4.76 Å². The van der Waals surface area contributed by atoms with Crippen LogP contribution in [0.15, 0.2) is 70.3 Å². The van der Waals surface area contributed by atoms with Crippen molar-refractivity contribution >= 4 is 25.9 Å². The standard InChI is InChI=1S/C9H9FNOP.C6H7NS/c10-6-13-7-12-9(11-13)8-4-2-1-3-5-8;7-8-6-4-2-1-3-5-6/h1-5H,6-7H2;1-5H,7H2. The minimum absolute atomic E-state index is 0.383. The van der Waals surface area contributed by atoms with E-state index in [0.29, 0.717) is 12.2 Å². The zero-order chi connectivity index (χ0) is 14.9. The lowest BCUT2D eigenvalue weighted by Gasteiger charge is -1.98.